The van der Waals surface area contributed by atoms with Crippen molar-refractivity contribution in [2.75, 3.05) is 12.4 Å². The summed E-state index contributed by atoms with van der Waals surface area (Å²) in [4.78, 5) is 23.9. The highest BCUT2D eigenvalue weighted by molar-refractivity contribution is 5.92. The molecule has 0 aliphatic heterocycles. The zero-order valence-corrected chi connectivity index (χ0v) is 13.4. The van der Waals surface area contributed by atoms with Gasteiger partial charge in [0.1, 0.15) is 12.0 Å². The number of aryl methyl sites for hydroxylation is 1. The molecule has 0 radical (unpaired) electrons. The molecule has 3 aromatic rings. The van der Waals surface area contributed by atoms with Crippen LogP contribution in [0.4, 0.5) is 5.69 Å². The van der Waals surface area contributed by atoms with Crippen molar-refractivity contribution >= 4 is 11.6 Å². The SMILES string of the molecule is CNc1ccc(C)c(-c2cc(-c3ccnc(C(N)=O)c3)ncn2)c1. The first-order valence-electron chi connectivity index (χ1n) is 7.45. The molecule has 0 saturated carbocycles. The molecular formula is C18H17N5O. The molecule has 120 valence electrons. The normalized spacial score (nSPS) is 10.4. The number of nitrogens with two attached hydrogens (primary N) is 1. The molecule has 0 aliphatic rings. The smallest absolute Gasteiger partial charge is 0.267 e. The minimum atomic E-state index is -0.566. The van der Waals surface area contributed by atoms with E-state index in [0.29, 0.717) is 5.69 Å². The Morgan fingerprint density at radius 2 is 1.83 bits per heavy atom. The number of amides is 1. The quantitative estimate of drug-likeness (QED) is 0.771. The Bertz CT molecular complexity index is 907. The van der Waals surface area contributed by atoms with Gasteiger partial charge >= 0.3 is 0 Å². The van der Waals surface area contributed by atoms with Gasteiger partial charge in [-0.15, -0.1) is 0 Å². The van der Waals surface area contributed by atoms with Crippen LogP contribution in [0, 0.1) is 6.92 Å². The van der Waals surface area contributed by atoms with Crippen LogP contribution < -0.4 is 11.1 Å². The van der Waals surface area contributed by atoms with Crippen LogP contribution in [-0.2, 0) is 0 Å². The van der Waals surface area contributed by atoms with Crippen molar-refractivity contribution in [2.45, 2.75) is 6.92 Å². The van der Waals surface area contributed by atoms with Gasteiger partial charge in [0, 0.05) is 30.1 Å². The molecule has 3 N–H and O–H groups in total. The number of benzene rings is 1. The maximum Gasteiger partial charge on any atom is 0.267 e. The van der Waals surface area contributed by atoms with Gasteiger partial charge in [0.2, 0.25) is 0 Å². The molecule has 2 heterocycles. The summed E-state index contributed by atoms with van der Waals surface area (Å²) < 4.78 is 0. The molecule has 6 nitrogen and oxygen atoms in total. The van der Waals surface area contributed by atoms with Crippen LogP contribution in [0.15, 0.2) is 48.9 Å². The fraction of sp³-hybridized carbons (Fsp3) is 0.111. The summed E-state index contributed by atoms with van der Waals surface area (Å²) in [6.07, 6.45) is 3.06. The number of nitrogens with one attached hydrogen (secondary N) is 1. The Hall–Kier alpha value is -3.28. The van der Waals surface area contributed by atoms with Crippen molar-refractivity contribution in [3.05, 3.63) is 60.2 Å². The van der Waals surface area contributed by atoms with E-state index < -0.39 is 5.91 Å². The van der Waals surface area contributed by atoms with E-state index >= 15 is 0 Å². The first-order valence-corrected chi connectivity index (χ1v) is 7.45. The van der Waals surface area contributed by atoms with E-state index in [4.69, 9.17) is 5.73 Å². The topological polar surface area (TPSA) is 93.8 Å². The van der Waals surface area contributed by atoms with Crippen LogP contribution in [0.3, 0.4) is 0 Å². The number of anilines is 1. The number of pyridine rings is 1. The van der Waals surface area contributed by atoms with Crippen LogP contribution in [0.1, 0.15) is 16.1 Å². The third-order valence-corrected chi connectivity index (χ3v) is 3.78. The lowest BCUT2D eigenvalue weighted by atomic mass is 10.0. The zero-order chi connectivity index (χ0) is 17.1. The molecule has 0 aliphatic carbocycles. The van der Waals surface area contributed by atoms with Crippen molar-refractivity contribution in [3.8, 4) is 22.5 Å². The molecule has 1 amide bonds. The van der Waals surface area contributed by atoms with Gasteiger partial charge in [-0.1, -0.05) is 6.07 Å². The lowest BCUT2D eigenvalue weighted by Gasteiger charge is -2.09. The molecule has 6 heteroatoms. The van der Waals surface area contributed by atoms with Crippen molar-refractivity contribution in [1.82, 2.24) is 15.0 Å². The molecule has 0 fully saturated rings. The number of hydrogen-bond donors (Lipinski definition) is 2. The van der Waals surface area contributed by atoms with Crippen LogP contribution in [0.25, 0.3) is 22.5 Å². The van der Waals surface area contributed by atoms with E-state index in [1.54, 1.807) is 18.3 Å². The molecular weight excluding hydrogens is 302 g/mol. The van der Waals surface area contributed by atoms with Crippen LogP contribution >= 0.6 is 0 Å². The van der Waals surface area contributed by atoms with Gasteiger partial charge < -0.3 is 11.1 Å². The first kappa shape index (κ1) is 15.6. The van der Waals surface area contributed by atoms with Crippen LogP contribution in [0.5, 0.6) is 0 Å². The molecule has 0 atom stereocenters. The minimum absolute atomic E-state index is 0.209. The van der Waals surface area contributed by atoms with Crippen molar-refractivity contribution in [1.29, 1.82) is 0 Å². The van der Waals surface area contributed by atoms with Gasteiger partial charge in [0.05, 0.1) is 11.4 Å². The van der Waals surface area contributed by atoms with Gasteiger partial charge in [-0.05, 0) is 42.8 Å². The number of hydrogen-bond acceptors (Lipinski definition) is 5. The fourth-order valence-corrected chi connectivity index (χ4v) is 2.44. The van der Waals surface area contributed by atoms with Gasteiger partial charge in [-0.3, -0.25) is 9.78 Å². The summed E-state index contributed by atoms with van der Waals surface area (Å²) in [6, 6.07) is 11.4. The molecule has 0 saturated heterocycles. The average molecular weight is 319 g/mol. The maximum absolute atomic E-state index is 11.3. The van der Waals surface area contributed by atoms with Crippen molar-refractivity contribution in [2.24, 2.45) is 5.73 Å². The lowest BCUT2D eigenvalue weighted by Crippen LogP contribution is -2.12. The van der Waals surface area contributed by atoms with Crippen molar-refractivity contribution in [3.63, 3.8) is 0 Å². The van der Waals surface area contributed by atoms with E-state index in [1.165, 1.54) is 6.33 Å². The number of carbonyl (C=O) groups excluding carboxylic acids is 1. The largest absolute Gasteiger partial charge is 0.388 e. The highest BCUT2D eigenvalue weighted by Gasteiger charge is 2.09. The average Bonchev–Trinajstić information content (AvgIpc) is 2.62. The number of aromatic nitrogens is 3. The second-order valence-electron chi connectivity index (χ2n) is 5.36. The van der Waals surface area contributed by atoms with Gasteiger partial charge in [-0.2, -0.15) is 0 Å². The highest BCUT2D eigenvalue weighted by Crippen LogP contribution is 2.27. The fourth-order valence-electron chi connectivity index (χ4n) is 2.44. The maximum atomic E-state index is 11.3. The molecule has 24 heavy (non-hydrogen) atoms. The Morgan fingerprint density at radius 3 is 2.58 bits per heavy atom. The molecule has 3 rings (SSSR count). The summed E-state index contributed by atoms with van der Waals surface area (Å²) in [7, 11) is 1.88. The van der Waals surface area contributed by atoms with E-state index in [1.807, 2.05) is 38.2 Å². The summed E-state index contributed by atoms with van der Waals surface area (Å²) in [5.41, 5.74) is 10.9. The predicted octanol–water partition coefficient (Wildman–Crippen LogP) is 2.65. The third-order valence-electron chi connectivity index (χ3n) is 3.78. The molecule has 0 unspecified atom stereocenters. The third kappa shape index (κ3) is 3.08. The van der Waals surface area contributed by atoms with Crippen LogP contribution in [-0.4, -0.2) is 27.9 Å². The lowest BCUT2D eigenvalue weighted by molar-refractivity contribution is 0.0995. The summed E-state index contributed by atoms with van der Waals surface area (Å²) in [5, 5.41) is 3.13. The van der Waals surface area contributed by atoms with E-state index in [2.05, 4.69) is 20.3 Å². The summed E-state index contributed by atoms with van der Waals surface area (Å²) >= 11 is 0. The second-order valence-corrected chi connectivity index (χ2v) is 5.36. The van der Waals surface area contributed by atoms with Gasteiger partial charge in [0.15, 0.2) is 0 Å². The summed E-state index contributed by atoms with van der Waals surface area (Å²) in [5.74, 6) is -0.566. The predicted molar refractivity (Wildman–Crippen MR) is 93.5 cm³/mol. The Kier molecular flexibility index (Phi) is 4.20. The van der Waals surface area contributed by atoms with Gasteiger partial charge in [0.25, 0.3) is 5.91 Å². The van der Waals surface area contributed by atoms with E-state index in [9.17, 15) is 4.79 Å². The number of nitrogens with zero attached hydrogens (tertiary/aromatic N) is 3. The molecule has 1 aromatic carbocycles. The molecule has 2 aromatic heterocycles. The van der Waals surface area contributed by atoms with Crippen molar-refractivity contribution < 1.29 is 4.79 Å². The van der Waals surface area contributed by atoms with Gasteiger partial charge in [-0.25, -0.2) is 9.97 Å². The number of rotatable bonds is 4. The monoisotopic (exact) mass is 319 g/mol. The highest BCUT2D eigenvalue weighted by atomic mass is 16.1. The molecule has 0 spiro atoms. The Balaban J connectivity index is 2.07. The van der Waals surface area contributed by atoms with Crippen LogP contribution in [0.2, 0.25) is 0 Å². The van der Waals surface area contributed by atoms with E-state index in [-0.39, 0.29) is 5.69 Å². The zero-order valence-electron chi connectivity index (χ0n) is 13.4. The number of primary amides is 1. The Labute approximate surface area is 139 Å². The molecule has 0 bridgehead atoms. The second kappa shape index (κ2) is 6.45. The minimum Gasteiger partial charge on any atom is -0.388 e. The standard InChI is InChI=1S/C18H17N5O/c1-11-3-4-13(20-2)8-14(11)16-9-15(22-10-23-16)12-5-6-21-17(7-12)18(19)24/h3-10,20H,1-2H3,(H2,19,24). The number of carbonyl (C=O) groups is 1. The summed E-state index contributed by atoms with van der Waals surface area (Å²) in [6.45, 7) is 2.04. The van der Waals surface area contributed by atoms with E-state index in [0.717, 1.165) is 28.1 Å². The Morgan fingerprint density at radius 1 is 1.04 bits per heavy atom. The first-order chi connectivity index (χ1) is 11.6.